The van der Waals surface area contributed by atoms with E-state index < -0.39 is 11.7 Å². The largest absolute Gasteiger partial charge is 0.444 e. The van der Waals surface area contributed by atoms with E-state index in [-0.39, 0.29) is 0 Å². The van der Waals surface area contributed by atoms with E-state index in [0.717, 1.165) is 5.57 Å². The van der Waals surface area contributed by atoms with E-state index in [0.29, 0.717) is 5.84 Å². The van der Waals surface area contributed by atoms with E-state index in [9.17, 15) is 4.79 Å². The molecule has 1 amide bonds. The number of nitrogens with zero attached hydrogens (tertiary/aromatic N) is 1. The van der Waals surface area contributed by atoms with Crippen LogP contribution in [0.15, 0.2) is 16.6 Å². The number of carbonyl (C=O) groups is 1. The number of hydrogen-bond donors (Lipinski definition) is 1. The van der Waals surface area contributed by atoms with Gasteiger partial charge >= 0.3 is 6.09 Å². The maximum atomic E-state index is 11.4. The molecule has 15 heavy (non-hydrogen) atoms. The van der Waals surface area contributed by atoms with Crippen LogP contribution in [-0.2, 0) is 4.74 Å². The number of ether oxygens (including phenoxy) is 1. The quantitative estimate of drug-likeness (QED) is 0.536. The van der Waals surface area contributed by atoms with Crippen molar-refractivity contribution in [1.29, 1.82) is 0 Å². The summed E-state index contributed by atoms with van der Waals surface area (Å²) in [4.78, 5) is 15.3. The van der Waals surface area contributed by atoms with Crippen molar-refractivity contribution in [1.82, 2.24) is 5.32 Å². The van der Waals surface area contributed by atoms with Crippen molar-refractivity contribution >= 4 is 11.9 Å². The molecule has 1 N–H and O–H groups in total. The molecule has 0 radical (unpaired) electrons. The van der Waals surface area contributed by atoms with Crippen molar-refractivity contribution in [2.24, 2.45) is 4.99 Å². The minimum Gasteiger partial charge on any atom is -0.444 e. The van der Waals surface area contributed by atoms with Gasteiger partial charge in [-0.1, -0.05) is 5.57 Å². The second kappa shape index (κ2) is 5.53. The minimum atomic E-state index is -0.492. The topological polar surface area (TPSA) is 50.7 Å². The molecule has 0 saturated heterocycles. The van der Waals surface area contributed by atoms with Crippen LogP contribution in [0.2, 0.25) is 0 Å². The average Bonchev–Trinajstić information content (AvgIpc) is 1.98. The normalized spacial score (nSPS) is 12.0. The summed E-state index contributed by atoms with van der Waals surface area (Å²) in [6.45, 7) is 9.31. The van der Waals surface area contributed by atoms with Crippen LogP contribution in [0.3, 0.4) is 0 Å². The van der Waals surface area contributed by atoms with Gasteiger partial charge in [-0.05, 0) is 40.7 Å². The number of carbonyl (C=O) groups excluding carboxylic acids is 1. The maximum Gasteiger partial charge on any atom is 0.413 e. The monoisotopic (exact) mass is 212 g/mol. The highest BCUT2D eigenvalue weighted by Crippen LogP contribution is 2.06. The Hall–Kier alpha value is -1.32. The number of amides is 1. The third kappa shape index (κ3) is 7.73. The summed E-state index contributed by atoms with van der Waals surface area (Å²) in [5.74, 6) is 0.504. The maximum absolute atomic E-state index is 11.4. The van der Waals surface area contributed by atoms with E-state index in [2.05, 4.69) is 10.3 Å². The number of nitrogens with one attached hydrogen (secondary N) is 1. The zero-order valence-corrected chi connectivity index (χ0v) is 10.3. The van der Waals surface area contributed by atoms with Crippen molar-refractivity contribution in [3.05, 3.63) is 11.6 Å². The van der Waals surface area contributed by atoms with Crippen molar-refractivity contribution in [3.63, 3.8) is 0 Å². The number of allylic oxidation sites excluding steroid dienone is 1. The SMILES string of the molecule is CN=C(C=C(C)C)NC(=O)OC(C)(C)C. The van der Waals surface area contributed by atoms with Crippen molar-refractivity contribution in [2.45, 2.75) is 40.2 Å². The predicted molar refractivity (Wildman–Crippen MR) is 62.2 cm³/mol. The molecule has 0 fully saturated rings. The summed E-state index contributed by atoms with van der Waals surface area (Å²) in [5, 5.41) is 2.57. The Kier molecular flexibility index (Phi) is 5.05. The van der Waals surface area contributed by atoms with Crippen LogP contribution in [0.5, 0.6) is 0 Å². The summed E-state index contributed by atoms with van der Waals surface area (Å²) >= 11 is 0. The third-order valence-corrected chi connectivity index (χ3v) is 1.30. The van der Waals surface area contributed by atoms with Gasteiger partial charge in [0, 0.05) is 7.05 Å². The van der Waals surface area contributed by atoms with Gasteiger partial charge in [0.15, 0.2) is 0 Å². The molecule has 4 heteroatoms. The molecule has 4 nitrogen and oxygen atoms in total. The molecule has 0 aromatic heterocycles. The number of alkyl carbamates (subject to hydrolysis) is 1. The molecular weight excluding hydrogens is 192 g/mol. The Morgan fingerprint density at radius 1 is 1.33 bits per heavy atom. The van der Waals surface area contributed by atoms with Gasteiger partial charge in [-0.25, -0.2) is 4.79 Å². The summed E-state index contributed by atoms with van der Waals surface area (Å²) < 4.78 is 5.09. The van der Waals surface area contributed by atoms with Crippen LogP contribution >= 0.6 is 0 Å². The highest BCUT2D eigenvalue weighted by Gasteiger charge is 2.16. The zero-order valence-electron chi connectivity index (χ0n) is 10.3. The lowest BCUT2D eigenvalue weighted by molar-refractivity contribution is 0.0563. The summed E-state index contributed by atoms with van der Waals surface area (Å²) in [7, 11) is 1.62. The first-order chi connectivity index (χ1) is 6.74. The summed E-state index contributed by atoms with van der Waals surface area (Å²) in [6.07, 6.45) is 1.30. The molecule has 0 aromatic rings. The number of aliphatic imine (C=N–C) groups is 1. The Morgan fingerprint density at radius 3 is 2.20 bits per heavy atom. The van der Waals surface area contributed by atoms with Crippen molar-refractivity contribution < 1.29 is 9.53 Å². The molecular formula is C11H20N2O2. The Bertz CT molecular complexity index is 281. The zero-order chi connectivity index (χ0) is 12.1. The standard InChI is InChI=1S/C11H20N2O2/c1-8(2)7-9(12-6)13-10(14)15-11(3,4)5/h7H,1-6H3,(H,12,13,14). The van der Waals surface area contributed by atoms with Crippen molar-refractivity contribution in [2.75, 3.05) is 7.05 Å². The first kappa shape index (κ1) is 13.7. The lowest BCUT2D eigenvalue weighted by Gasteiger charge is -2.19. The Balaban J connectivity index is 4.35. The molecule has 0 rings (SSSR count). The summed E-state index contributed by atoms with van der Waals surface area (Å²) in [5.41, 5.74) is 0.570. The van der Waals surface area contributed by atoms with Crippen LogP contribution in [0.1, 0.15) is 34.6 Å². The van der Waals surface area contributed by atoms with E-state index >= 15 is 0 Å². The van der Waals surface area contributed by atoms with Crippen LogP contribution in [0.4, 0.5) is 4.79 Å². The van der Waals surface area contributed by atoms with Gasteiger partial charge in [0.05, 0.1) is 0 Å². The first-order valence-electron chi connectivity index (χ1n) is 4.86. The summed E-state index contributed by atoms with van der Waals surface area (Å²) in [6, 6.07) is 0. The molecule has 0 aliphatic rings. The molecule has 0 heterocycles. The van der Waals surface area contributed by atoms with Gasteiger partial charge in [0.2, 0.25) is 0 Å². The van der Waals surface area contributed by atoms with Gasteiger partial charge in [-0.3, -0.25) is 10.3 Å². The Morgan fingerprint density at radius 2 is 1.87 bits per heavy atom. The molecule has 0 saturated carbocycles. The first-order valence-corrected chi connectivity index (χ1v) is 4.86. The van der Waals surface area contributed by atoms with Gasteiger partial charge in [0.1, 0.15) is 11.4 Å². The van der Waals surface area contributed by atoms with Crippen LogP contribution < -0.4 is 5.32 Å². The lowest BCUT2D eigenvalue weighted by Crippen LogP contribution is -2.35. The molecule has 0 aromatic carbocycles. The van der Waals surface area contributed by atoms with E-state index in [1.807, 2.05) is 34.6 Å². The second-order valence-electron chi connectivity index (χ2n) is 4.46. The van der Waals surface area contributed by atoms with Gasteiger partial charge in [-0.15, -0.1) is 0 Å². The number of amidine groups is 1. The second-order valence-corrected chi connectivity index (χ2v) is 4.46. The lowest BCUT2D eigenvalue weighted by atomic mass is 10.2. The molecule has 0 spiro atoms. The molecule has 86 valence electrons. The fourth-order valence-corrected chi connectivity index (χ4v) is 0.838. The smallest absolute Gasteiger partial charge is 0.413 e. The van der Waals surface area contributed by atoms with E-state index in [1.165, 1.54) is 0 Å². The van der Waals surface area contributed by atoms with Crippen molar-refractivity contribution in [3.8, 4) is 0 Å². The molecule has 0 aliphatic heterocycles. The number of hydrogen-bond acceptors (Lipinski definition) is 3. The van der Waals surface area contributed by atoms with E-state index in [1.54, 1.807) is 13.1 Å². The predicted octanol–water partition coefficient (Wildman–Crippen LogP) is 2.51. The molecule has 0 bridgehead atoms. The Labute approximate surface area is 91.4 Å². The van der Waals surface area contributed by atoms with Crippen LogP contribution in [-0.4, -0.2) is 24.6 Å². The fourth-order valence-electron chi connectivity index (χ4n) is 0.838. The van der Waals surface area contributed by atoms with E-state index in [4.69, 9.17) is 4.74 Å². The third-order valence-electron chi connectivity index (χ3n) is 1.30. The average molecular weight is 212 g/mol. The van der Waals surface area contributed by atoms with Gasteiger partial charge in [0.25, 0.3) is 0 Å². The van der Waals surface area contributed by atoms with Crippen LogP contribution in [0, 0.1) is 0 Å². The highest BCUT2D eigenvalue weighted by atomic mass is 16.6. The molecule has 0 atom stereocenters. The molecule has 0 unspecified atom stereocenters. The number of rotatable bonds is 1. The minimum absolute atomic E-state index is 0.486. The van der Waals surface area contributed by atoms with Gasteiger partial charge in [-0.2, -0.15) is 0 Å². The van der Waals surface area contributed by atoms with Crippen LogP contribution in [0.25, 0.3) is 0 Å². The molecule has 0 aliphatic carbocycles. The highest BCUT2D eigenvalue weighted by molar-refractivity contribution is 6.02. The van der Waals surface area contributed by atoms with Gasteiger partial charge < -0.3 is 4.74 Å². The fraction of sp³-hybridized carbons (Fsp3) is 0.636.